The number of phenols is 2. The van der Waals surface area contributed by atoms with E-state index in [1.165, 1.54) is 37.5 Å². The van der Waals surface area contributed by atoms with Crippen LogP contribution in [0.2, 0.25) is 0 Å². The maximum atomic E-state index is 8.61. The first kappa shape index (κ1) is 29.9. The number of aromatic hydroxyl groups is 2. The van der Waals surface area contributed by atoms with Crippen molar-refractivity contribution in [1.82, 2.24) is 0 Å². The topological polar surface area (TPSA) is 40.5 Å². The van der Waals surface area contributed by atoms with Gasteiger partial charge in [-0.05, 0) is 0 Å². The summed E-state index contributed by atoms with van der Waals surface area (Å²) < 4.78 is 0. The number of rotatable bonds is 3. The van der Waals surface area contributed by atoms with E-state index in [1.807, 2.05) is 0 Å². The van der Waals surface area contributed by atoms with Crippen LogP contribution in [0.5, 0.6) is 11.5 Å². The number of unbranched alkanes of at least 4 members (excludes halogenated alkanes) is 3. The fourth-order valence-electron chi connectivity index (χ4n) is 0.408. The maximum absolute atomic E-state index is 8.61. The van der Waals surface area contributed by atoms with E-state index in [0.717, 1.165) is 19.3 Å². The second-order valence-electron chi connectivity index (χ2n) is 3.99. The van der Waals surface area contributed by atoms with Gasteiger partial charge in [0.2, 0.25) is 0 Å². The second kappa shape index (κ2) is 32.8. The zero-order valence-corrected chi connectivity index (χ0v) is 17.5. The summed E-state index contributed by atoms with van der Waals surface area (Å²) in [5, 5.41) is 17.2. The fourth-order valence-corrected chi connectivity index (χ4v) is 0.408. The Bertz CT molecular complexity index is 217. The van der Waals surface area contributed by atoms with Gasteiger partial charge in [0, 0.05) is 11.5 Å². The van der Waals surface area contributed by atoms with Crippen LogP contribution in [0, 0.1) is 26.8 Å². The first-order valence-electron chi connectivity index (χ1n) is 7.44. The van der Waals surface area contributed by atoms with Crippen molar-refractivity contribution < 1.29 is 26.6 Å². The standard InChI is InChI=1S/C6H5O2.3C4H9.BrH.Ru/c7-5-1-2-6(8)4-3-5;3*1-3-4-2;;/h1-3,7-8H;3*1,3-4H2,2H3;1H;/q4*-1;;+1/p-1. The van der Waals surface area contributed by atoms with Crippen molar-refractivity contribution in [3.63, 3.8) is 0 Å². The second-order valence-corrected chi connectivity index (χ2v) is 3.99. The molecule has 0 fully saturated rings. The Kier molecular flexibility index (Phi) is 44.5. The third-order valence-electron chi connectivity index (χ3n) is 1.84. The van der Waals surface area contributed by atoms with E-state index in [0.29, 0.717) is 0 Å². The van der Waals surface area contributed by atoms with Crippen LogP contribution in [-0.2, 0) is 16.3 Å². The summed E-state index contributed by atoms with van der Waals surface area (Å²) in [4.78, 5) is 0. The fraction of sp³-hybridized carbons (Fsp3) is 0.500. The van der Waals surface area contributed by atoms with Crippen LogP contribution in [0.3, 0.4) is 0 Å². The van der Waals surface area contributed by atoms with Gasteiger partial charge in [-0.2, -0.15) is 19.3 Å². The Labute approximate surface area is 155 Å². The summed E-state index contributed by atoms with van der Waals surface area (Å²) >= 11 is 5.03. The number of hydrogen-bond acceptors (Lipinski definition) is 2. The van der Waals surface area contributed by atoms with Gasteiger partial charge < -0.3 is 31.0 Å². The molecule has 0 aliphatic carbocycles. The van der Waals surface area contributed by atoms with Crippen LogP contribution in [0.1, 0.15) is 59.3 Å². The molecule has 1 aromatic rings. The summed E-state index contributed by atoms with van der Waals surface area (Å²) in [5.74, 6) is 0.158. The first-order chi connectivity index (χ1) is 10.5. The van der Waals surface area contributed by atoms with Crippen LogP contribution in [0.4, 0.5) is 0 Å². The van der Waals surface area contributed by atoms with Crippen LogP contribution < -0.4 is 0 Å². The quantitative estimate of drug-likeness (QED) is 0.302. The molecule has 0 saturated heterocycles. The molecule has 1 rings (SSSR count). The Hall–Kier alpha value is -0.0766. The molecule has 0 bridgehead atoms. The molecule has 2 N–H and O–H groups in total. The molecule has 1 aromatic carbocycles. The molecule has 0 aliphatic rings. The summed E-state index contributed by atoms with van der Waals surface area (Å²) in [6.45, 7) is 17.2. The molecule has 22 heavy (non-hydrogen) atoms. The molecule has 0 heterocycles. The Morgan fingerprint density at radius 3 is 1.36 bits per heavy atom. The third kappa shape index (κ3) is 42.7. The van der Waals surface area contributed by atoms with E-state index in [2.05, 4.69) is 77.6 Å². The molecule has 2 nitrogen and oxygen atoms in total. The van der Waals surface area contributed by atoms with Crippen molar-refractivity contribution in [2.24, 2.45) is 0 Å². The van der Waals surface area contributed by atoms with Crippen molar-refractivity contribution in [1.29, 1.82) is 0 Å². The molecule has 0 amide bonds. The molecule has 0 spiro atoms. The normalized spacial score (nSPS) is 7.64. The minimum absolute atomic E-state index is 0.0443. The monoisotopic (exact) mass is 461 g/mol. The third-order valence-corrected chi connectivity index (χ3v) is 1.84. The molecular formula is C18H32BrO2Ru-4. The van der Waals surface area contributed by atoms with Gasteiger partial charge in [0.25, 0.3) is 0 Å². The van der Waals surface area contributed by atoms with Crippen molar-refractivity contribution in [3.8, 4) is 11.5 Å². The van der Waals surface area contributed by atoms with Crippen molar-refractivity contribution >= 4 is 13.6 Å². The SMILES string of the molecule is Oc1[c-]cc(O)cc1.[Br][Ru].[CH2-]CCC.[CH2-]CCC.[CH2-]CCC. The first-order valence-corrected chi connectivity index (χ1v) is 11.4. The smallest absolute Gasteiger partial charge is 0.0678 e. The van der Waals surface area contributed by atoms with Gasteiger partial charge in [0.1, 0.15) is 0 Å². The Morgan fingerprint density at radius 2 is 1.23 bits per heavy atom. The van der Waals surface area contributed by atoms with Crippen LogP contribution in [-0.4, -0.2) is 10.2 Å². The zero-order valence-electron chi connectivity index (χ0n) is 14.2. The molecule has 0 radical (unpaired) electrons. The number of phenolic OH excluding ortho intramolecular Hbond substituents is 2. The van der Waals surface area contributed by atoms with Gasteiger partial charge in [-0.1, -0.05) is 40.0 Å². The molecule has 0 atom stereocenters. The van der Waals surface area contributed by atoms with E-state index >= 15 is 0 Å². The molecule has 0 unspecified atom stereocenters. The minimum Gasteiger partial charge on any atom is -0.343 e. The van der Waals surface area contributed by atoms with Crippen LogP contribution >= 0.6 is 13.6 Å². The number of hydrogen-bond donors (Lipinski definition) is 2. The van der Waals surface area contributed by atoms with Crippen molar-refractivity contribution in [3.05, 3.63) is 45.0 Å². The van der Waals surface area contributed by atoms with Crippen LogP contribution in [0.15, 0.2) is 18.2 Å². The van der Waals surface area contributed by atoms with E-state index in [1.54, 1.807) is 0 Å². The number of halogens is 1. The van der Waals surface area contributed by atoms with E-state index in [9.17, 15) is 0 Å². The van der Waals surface area contributed by atoms with Gasteiger partial charge in [0.15, 0.2) is 0 Å². The predicted octanol–water partition coefficient (Wildman–Crippen LogP) is 6.60. The van der Waals surface area contributed by atoms with Gasteiger partial charge in [-0.15, -0.1) is 24.3 Å². The zero-order chi connectivity index (χ0) is 18.2. The van der Waals surface area contributed by atoms with E-state index in [-0.39, 0.29) is 11.5 Å². The molecule has 0 aliphatic heterocycles. The largest absolute Gasteiger partial charge is 0.343 e. The maximum Gasteiger partial charge on any atom is -0.0678 e. The summed E-state index contributed by atoms with van der Waals surface area (Å²) in [6, 6.07) is 6.47. The molecule has 0 aromatic heterocycles. The Balaban J connectivity index is -0.000000101. The minimum atomic E-state index is 0.0443. The predicted molar refractivity (Wildman–Crippen MR) is 98.3 cm³/mol. The van der Waals surface area contributed by atoms with Gasteiger partial charge >= 0.3 is 30.0 Å². The average Bonchev–Trinajstić information content (AvgIpc) is 2.60. The van der Waals surface area contributed by atoms with E-state index < -0.39 is 0 Å². The van der Waals surface area contributed by atoms with Gasteiger partial charge in [0.05, 0.1) is 0 Å². The molecule has 0 saturated carbocycles. The summed E-state index contributed by atoms with van der Waals surface area (Å²) in [7, 11) is 0. The Morgan fingerprint density at radius 1 is 0.909 bits per heavy atom. The molecule has 4 heteroatoms. The molecule has 135 valence electrons. The molecular weight excluding hydrogens is 429 g/mol. The number of benzene rings is 1. The van der Waals surface area contributed by atoms with E-state index in [4.69, 9.17) is 10.2 Å². The van der Waals surface area contributed by atoms with Crippen molar-refractivity contribution in [2.45, 2.75) is 59.3 Å². The van der Waals surface area contributed by atoms with Gasteiger partial charge in [-0.25, -0.2) is 0 Å². The summed E-state index contributed by atoms with van der Waals surface area (Å²) in [6.07, 6.45) is 6.83. The average molecular weight is 461 g/mol. The van der Waals surface area contributed by atoms with Crippen LogP contribution in [0.25, 0.3) is 0 Å². The van der Waals surface area contributed by atoms with Crippen molar-refractivity contribution in [2.75, 3.05) is 0 Å². The van der Waals surface area contributed by atoms with Gasteiger partial charge in [-0.3, -0.25) is 0 Å². The summed E-state index contributed by atoms with van der Waals surface area (Å²) in [5.41, 5.74) is 0.